The van der Waals surface area contributed by atoms with Gasteiger partial charge in [-0.1, -0.05) is 0 Å². The molecule has 23 heavy (non-hydrogen) atoms. The van der Waals surface area contributed by atoms with Crippen LogP contribution in [0.15, 0.2) is 0 Å². The first-order chi connectivity index (χ1) is 11.1. The van der Waals surface area contributed by atoms with Gasteiger partial charge in [-0.3, -0.25) is 0 Å². The highest BCUT2D eigenvalue weighted by atomic mass is 32.2. The summed E-state index contributed by atoms with van der Waals surface area (Å²) in [7, 11) is -3.08. The van der Waals surface area contributed by atoms with Gasteiger partial charge in [0.15, 0.2) is 0 Å². The molecular formula is C16H27NO5S. The fraction of sp³-hybridized carbons (Fsp3) is 1.00. The fourth-order valence-corrected chi connectivity index (χ4v) is 5.90. The predicted octanol–water partition coefficient (Wildman–Crippen LogP) is 1.16. The van der Waals surface area contributed by atoms with Gasteiger partial charge >= 0.3 is 0 Å². The third kappa shape index (κ3) is 3.44. The minimum atomic E-state index is -3.08. The van der Waals surface area contributed by atoms with Crippen LogP contribution < -0.4 is 0 Å². The molecule has 1 spiro atoms. The summed E-state index contributed by atoms with van der Waals surface area (Å²) >= 11 is 0. The van der Waals surface area contributed by atoms with E-state index in [0.29, 0.717) is 25.6 Å². The Morgan fingerprint density at radius 3 is 2.70 bits per heavy atom. The lowest BCUT2D eigenvalue weighted by atomic mass is 9.98. The smallest absolute Gasteiger partial charge is 0.217 e. The molecule has 3 aliphatic heterocycles. The summed E-state index contributed by atoms with van der Waals surface area (Å²) in [6.07, 6.45) is 5.54. The van der Waals surface area contributed by atoms with E-state index < -0.39 is 10.0 Å². The van der Waals surface area contributed by atoms with E-state index in [4.69, 9.17) is 14.2 Å². The van der Waals surface area contributed by atoms with Crippen LogP contribution in [0.25, 0.3) is 0 Å². The van der Waals surface area contributed by atoms with Gasteiger partial charge in [0.2, 0.25) is 10.0 Å². The number of rotatable bonds is 5. The van der Waals surface area contributed by atoms with Gasteiger partial charge in [-0.05, 0) is 38.0 Å². The zero-order valence-corrected chi connectivity index (χ0v) is 14.4. The average molecular weight is 345 g/mol. The van der Waals surface area contributed by atoms with Crippen molar-refractivity contribution in [3.05, 3.63) is 0 Å². The van der Waals surface area contributed by atoms with Crippen LogP contribution in [0.5, 0.6) is 0 Å². The number of hydrogen-bond donors (Lipinski definition) is 0. The number of nitrogens with zero attached hydrogens (tertiary/aromatic N) is 1. The molecule has 1 aliphatic carbocycles. The van der Waals surface area contributed by atoms with E-state index >= 15 is 0 Å². The molecule has 3 saturated heterocycles. The maximum absolute atomic E-state index is 12.4. The fourth-order valence-electron chi connectivity index (χ4n) is 3.98. The first kappa shape index (κ1) is 16.3. The largest absolute Gasteiger partial charge is 0.381 e. The Hall–Kier alpha value is -0.210. The second-order valence-electron chi connectivity index (χ2n) is 7.54. The van der Waals surface area contributed by atoms with Crippen molar-refractivity contribution in [2.75, 3.05) is 39.5 Å². The van der Waals surface area contributed by atoms with Gasteiger partial charge in [0.25, 0.3) is 0 Å². The molecule has 132 valence electrons. The highest BCUT2D eigenvalue weighted by Crippen LogP contribution is 2.40. The topological polar surface area (TPSA) is 65.1 Å². The molecule has 0 unspecified atom stereocenters. The Morgan fingerprint density at radius 1 is 1.17 bits per heavy atom. The number of hydrogen-bond acceptors (Lipinski definition) is 5. The Morgan fingerprint density at radius 2 is 1.96 bits per heavy atom. The average Bonchev–Trinajstić information content (AvgIpc) is 3.24. The first-order valence-corrected chi connectivity index (χ1v) is 10.4. The molecule has 4 rings (SSSR count). The van der Waals surface area contributed by atoms with Gasteiger partial charge in [0.1, 0.15) is 0 Å². The molecule has 0 aromatic rings. The third-order valence-electron chi connectivity index (χ3n) is 5.67. The second kappa shape index (κ2) is 6.26. The summed E-state index contributed by atoms with van der Waals surface area (Å²) in [6, 6.07) is 0. The number of sulfonamides is 1. The lowest BCUT2D eigenvalue weighted by Gasteiger charge is -2.24. The van der Waals surface area contributed by atoms with Crippen LogP contribution in [0, 0.1) is 5.92 Å². The molecule has 7 heteroatoms. The van der Waals surface area contributed by atoms with E-state index in [0.717, 1.165) is 58.3 Å². The molecule has 0 aromatic heterocycles. The van der Waals surface area contributed by atoms with Gasteiger partial charge in [-0.15, -0.1) is 0 Å². The van der Waals surface area contributed by atoms with E-state index in [-0.39, 0.29) is 17.0 Å². The molecular weight excluding hydrogens is 318 g/mol. The summed E-state index contributed by atoms with van der Waals surface area (Å²) in [5.74, 6) is 0.593. The van der Waals surface area contributed by atoms with Crippen LogP contribution in [-0.2, 0) is 24.2 Å². The van der Waals surface area contributed by atoms with E-state index in [1.165, 1.54) is 0 Å². The quantitative estimate of drug-likeness (QED) is 0.748. The Bertz CT molecular complexity index is 529. The van der Waals surface area contributed by atoms with Crippen molar-refractivity contribution in [3.63, 3.8) is 0 Å². The summed E-state index contributed by atoms with van der Waals surface area (Å²) in [6.45, 7) is 4.17. The lowest BCUT2D eigenvalue weighted by molar-refractivity contribution is -0.0181. The molecule has 6 nitrogen and oxygen atoms in total. The Balaban J connectivity index is 1.28. The van der Waals surface area contributed by atoms with Crippen LogP contribution in [0.1, 0.15) is 38.5 Å². The molecule has 2 atom stereocenters. The van der Waals surface area contributed by atoms with Crippen LogP contribution in [0.4, 0.5) is 0 Å². The third-order valence-corrected chi connectivity index (χ3v) is 8.02. The number of ether oxygens (including phenoxy) is 3. The molecule has 0 bridgehead atoms. The summed E-state index contributed by atoms with van der Waals surface area (Å²) in [5.41, 5.74) is -0.303. The van der Waals surface area contributed by atoms with Crippen LogP contribution in [-0.4, -0.2) is 69.2 Å². The van der Waals surface area contributed by atoms with Crippen molar-refractivity contribution in [1.82, 2.24) is 4.31 Å². The highest BCUT2D eigenvalue weighted by molar-refractivity contribution is 7.90. The van der Waals surface area contributed by atoms with E-state index in [2.05, 4.69) is 0 Å². The van der Waals surface area contributed by atoms with Crippen molar-refractivity contribution in [2.24, 2.45) is 5.92 Å². The highest BCUT2D eigenvalue weighted by Gasteiger charge is 2.51. The van der Waals surface area contributed by atoms with E-state index in [9.17, 15) is 8.42 Å². The van der Waals surface area contributed by atoms with Gasteiger partial charge < -0.3 is 14.2 Å². The molecule has 0 N–H and O–H groups in total. The van der Waals surface area contributed by atoms with Gasteiger partial charge in [-0.2, -0.15) is 4.31 Å². The van der Waals surface area contributed by atoms with Gasteiger partial charge in [0, 0.05) is 32.7 Å². The van der Waals surface area contributed by atoms with E-state index in [1.807, 2.05) is 0 Å². The van der Waals surface area contributed by atoms with E-state index in [1.54, 1.807) is 4.31 Å². The summed E-state index contributed by atoms with van der Waals surface area (Å²) in [5, 5.41) is -0.125. The normalized spacial score (nSPS) is 37.0. The van der Waals surface area contributed by atoms with Crippen molar-refractivity contribution in [3.8, 4) is 0 Å². The van der Waals surface area contributed by atoms with Crippen molar-refractivity contribution < 1.29 is 22.6 Å². The Labute approximate surface area is 138 Å². The SMILES string of the molecule is O=S(=O)(C1CC1)N1CC[C@]2(C[C@H](OCC3CCOCC3)CO2)C1. The zero-order chi connectivity index (χ0) is 15.9. The van der Waals surface area contributed by atoms with Gasteiger partial charge in [0.05, 0.1) is 30.2 Å². The standard InChI is InChI=1S/C16H27NO5S/c18-23(19,15-1-2-15)17-6-5-16(12-17)9-14(11-22-16)21-10-13-3-7-20-8-4-13/h13-15H,1-12H2/t14-,16-/m0/s1. The molecule has 1 saturated carbocycles. The zero-order valence-electron chi connectivity index (χ0n) is 13.6. The Kier molecular flexibility index (Phi) is 4.43. The predicted molar refractivity (Wildman–Crippen MR) is 84.7 cm³/mol. The molecule has 0 aromatic carbocycles. The minimum absolute atomic E-state index is 0.112. The summed E-state index contributed by atoms with van der Waals surface area (Å²) < 4.78 is 43.9. The molecule has 4 aliphatic rings. The lowest BCUT2D eigenvalue weighted by Crippen LogP contribution is -2.37. The van der Waals surface area contributed by atoms with Crippen LogP contribution >= 0.6 is 0 Å². The monoisotopic (exact) mass is 345 g/mol. The second-order valence-corrected chi connectivity index (χ2v) is 9.75. The van der Waals surface area contributed by atoms with Crippen LogP contribution in [0.2, 0.25) is 0 Å². The maximum Gasteiger partial charge on any atom is 0.217 e. The van der Waals surface area contributed by atoms with Crippen molar-refractivity contribution in [1.29, 1.82) is 0 Å². The minimum Gasteiger partial charge on any atom is -0.381 e. The van der Waals surface area contributed by atoms with Crippen LogP contribution in [0.3, 0.4) is 0 Å². The molecule has 4 fully saturated rings. The summed E-state index contributed by atoms with van der Waals surface area (Å²) in [4.78, 5) is 0. The van der Waals surface area contributed by atoms with Gasteiger partial charge in [-0.25, -0.2) is 8.42 Å². The van der Waals surface area contributed by atoms with Crippen molar-refractivity contribution in [2.45, 2.75) is 55.5 Å². The molecule has 0 radical (unpaired) electrons. The molecule has 0 amide bonds. The molecule has 3 heterocycles. The first-order valence-electron chi connectivity index (χ1n) is 8.90. The maximum atomic E-state index is 12.4. The van der Waals surface area contributed by atoms with Crippen molar-refractivity contribution >= 4 is 10.0 Å².